The molecule has 150 valence electrons. The van der Waals surface area contributed by atoms with Crippen LogP contribution in [-0.4, -0.2) is 35.8 Å². The van der Waals surface area contributed by atoms with Crippen molar-refractivity contribution in [2.45, 2.75) is 26.5 Å². The lowest BCUT2D eigenvalue weighted by molar-refractivity contribution is -0.143. The molecule has 8 heteroatoms. The van der Waals surface area contributed by atoms with E-state index in [1.165, 1.54) is 11.3 Å². The van der Waals surface area contributed by atoms with Crippen LogP contribution in [0.15, 0.2) is 47.5 Å². The van der Waals surface area contributed by atoms with Gasteiger partial charge >= 0.3 is 5.97 Å². The van der Waals surface area contributed by atoms with E-state index in [0.29, 0.717) is 22.9 Å². The lowest BCUT2D eigenvalue weighted by Gasteiger charge is -2.23. The number of carbonyl (C=O) groups excluding carboxylic acids is 2. The third kappa shape index (κ3) is 4.02. The molecule has 0 spiro atoms. The first-order chi connectivity index (χ1) is 14.0. The minimum absolute atomic E-state index is 0.0200. The number of ether oxygens (including phenoxy) is 3. The maximum atomic E-state index is 12.8. The molecule has 0 N–H and O–H groups in total. The molecule has 0 aliphatic carbocycles. The number of esters is 1. The van der Waals surface area contributed by atoms with Gasteiger partial charge < -0.3 is 18.8 Å². The van der Waals surface area contributed by atoms with E-state index in [9.17, 15) is 9.59 Å². The highest BCUT2D eigenvalue weighted by molar-refractivity contribution is 7.16. The molecule has 2 aromatic carbocycles. The van der Waals surface area contributed by atoms with E-state index in [-0.39, 0.29) is 19.1 Å². The van der Waals surface area contributed by atoms with Crippen LogP contribution in [0.4, 0.5) is 0 Å². The van der Waals surface area contributed by atoms with Gasteiger partial charge in [0.2, 0.25) is 6.10 Å². The average molecular weight is 412 g/mol. The van der Waals surface area contributed by atoms with Gasteiger partial charge in [-0.15, -0.1) is 0 Å². The number of nitrogens with zero attached hydrogens (tertiary/aromatic N) is 2. The molecule has 2 heterocycles. The monoisotopic (exact) mass is 412 g/mol. The summed E-state index contributed by atoms with van der Waals surface area (Å²) in [4.78, 5) is 29.6. The SMILES string of the molecule is CCOC(=O)Cn1c(=NC(=O)[C@H]2COc3ccccc3O2)sc2cc(C)ccc21. The molecule has 0 fully saturated rings. The first-order valence-electron chi connectivity index (χ1n) is 9.28. The molecule has 0 saturated heterocycles. The Hall–Kier alpha value is -3.13. The van der Waals surface area contributed by atoms with Crippen molar-refractivity contribution in [1.82, 2.24) is 4.57 Å². The Bertz CT molecular complexity index is 1150. The van der Waals surface area contributed by atoms with Gasteiger partial charge in [0.05, 0.1) is 16.8 Å². The normalized spacial score (nSPS) is 16.1. The van der Waals surface area contributed by atoms with E-state index in [1.54, 1.807) is 23.6 Å². The number of carbonyl (C=O) groups is 2. The van der Waals surface area contributed by atoms with Crippen molar-refractivity contribution >= 4 is 33.4 Å². The molecule has 0 bridgehead atoms. The second-order valence-electron chi connectivity index (χ2n) is 6.56. The van der Waals surface area contributed by atoms with E-state index in [4.69, 9.17) is 14.2 Å². The Morgan fingerprint density at radius 1 is 1.24 bits per heavy atom. The maximum Gasteiger partial charge on any atom is 0.326 e. The second kappa shape index (κ2) is 8.08. The number of fused-ring (bicyclic) bond motifs is 2. The van der Waals surface area contributed by atoms with Crippen LogP contribution < -0.4 is 14.3 Å². The zero-order valence-electron chi connectivity index (χ0n) is 16.1. The van der Waals surface area contributed by atoms with E-state index in [1.807, 2.05) is 37.3 Å². The summed E-state index contributed by atoms with van der Waals surface area (Å²) >= 11 is 1.35. The third-order valence-corrected chi connectivity index (χ3v) is 5.46. The fourth-order valence-electron chi connectivity index (χ4n) is 3.06. The first kappa shape index (κ1) is 19.2. The van der Waals surface area contributed by atoms with Crippen molar-refractivity contribution in [3.05, 3.63) is 52.8 Å². The summed E-state index contributed by atoms with van der Waals surface area (Å²) in [6.07, 6.45) is -0.840. The van der Waals surface area contributed by atoms with Crippen LogP contribution in [0.3, 0.4) is 0 Å². The van der Waals surface area contributed by atoms with Crippen LogP contribution in [0.1, 0.15) is 12.5 Å². The summed E-state index contributed by atoms with van der Waals surface area (Å²) in [7, 11) is 0. The molecule has 29 heavy (non-hydrogen) atoms. The molecule has 0 saturated carbocycles. The van der Waals surface area contributed by atoms with Gasteiger partial charge in [0.15, 0.2) is 16.3 Å². The molecule has 4 rings (SSSR count). The zero-order chi connectivity index (χ0) is 20.4. The zero-order valence-corrected chi connectivity index (χ0v) is 16.9. The van der Waals surface area contributed by atoms with Crippen molar-refractivity contribution in [2.24, 2.45) is 4.99 Å². The van der Waals surface area contributed by atoms with Crippen molar-refractivity contribution in [1.29, 1.82) is 0 Å². The first-order valence-corrected chi connectivity index (χ1v) is 10.1. The average Bonchev–Trinajstić information content (AvgIpc) is 3.03. The van der Waals surface area contributed by atoms with Gasteiger partial charge in [0, 0.05) is 0 Å². The molecule has 1 aromatic heterocycles. The fraction of sp³-hybridized carbons (Fsp3) is 0.286. The second-order valence-corrected chi connectivity index (χ2v) is 7.57. The molecule has 1 amide bonds. The molecule has 1 aliphatic rings. The van der Waals surface area contributed by atoms with Crippen LogP contribution in [0, 0.1) is 6.92 Å². The molecule has 3 aromatic rings. The summed E-state index contributed by atoms with van der Waals surface area (Å²) in [5.41, 5.74) is 1.91. The number of amides is 1. The predicted molar refractivity (Wildman–Crippen MR) is 108 cm³/mol. The Kier molecular flexibility index (Phi) is 5.35. The van der Waals surface area contributed by atoms with Crippen molar-refractivity contribution in [3.63, 3.8) is 0 Å². The van der Waals surface area contributed by atoms with Crippen LogP contribution in [-0.2, 0) is 20.9 Å². The Morgan fingerprint density at radius 3 is 2.83 bits per heavy atom. The lowest BCUT2D eigenvalue weighted by Crippen LogP contribution is -2.37. The van der Waals surface area contributed by atoms with Crippen LogP contribution in [0.25, 0.3) is 10.2 Å². The minimum Gasteiger partial charge on any atom is -0.485 e. The highest BCUT2D eigenvalue weighted by Crippen LogP contribution is 2.31. The van der Waals surface area contributed by atoms with Gasteiger partial charge in [-0.3, -0.25) is 9.59 Å². The third-order valence-electron chi connectivity index (χ3n) is 4.42. The topological polar surface area (TPSA) is 79.1 Å². The number of hydrogen-bond donors (Lipinski definition) is 0. The lowest BCUT2D eigenvalue weighted by atomic mass is 10.2. The molecule has 1 atom stereocenters. The van der Waals surface area contributed by atoms with E-state index < -0.39 is 12.0 Å². The Balaban J connectivity index is 1.69. The quantitative estimate of drug-likeness (QED) is 0.616. The molecule has 0 radical (unpaired) electrons. The summed E-state index contributed by atoms with van der Waals surface area (Å²) in [5, 5.41) is 0. The van der Waals surface area contributed by atoms with Gasteiger partial charge in [-0.2, -0.15) is 4.99 Å². The molecular weight excluding hydrogens is 392 g/mol. The Morgan fingerprint density at radius 2 is 2.03 bits per heavy atom. The molecule has 7 nitrogen and oxygen atoms in total. The fourth-order valence-corrected chi connectivity index (χ4v) is 4.19. The number of benzene rings is 2. The molecule has 1 aliphatic heterocycles. The van der Waals surface area contributed by atoms with E-state index in [0.717, 1.165) is 15.8 Å². The van der Waals surface area contributed by atoms with Crippen molar-refractivity contribution < 1.29 is 23.8 Å². The van der Waals surface area contributed by atoms with Gasteiger partial charge in [0.1, 0.15) is 13.2 Å². The number of aromatic nitrogens is 1. The predicted octanol–water partition coefficient (Wildman–Crippen LogP) is 2.84. The number of rotatable bonds is 4. The van der Waals surface area contributed by atoms with Gasteiger partial charge in [-0.1, -0.05) is 29.5 Å². The highest BCUT2D eigenvalue weighted by atomic mass is 32.1. The number of hydrogen-bond acceptors (Lipinski definition) is 6. The minimum atomic E-state index is -0.840. The van der Waals surface area contributed by atoms with Crippen LogP contribution >= 0.6 is 11.3 Å². The van der Waals surface area contributed by atoms with Gasteiger partial charge in [0.25, 0.3) is 5.91 Å². The van der Waals surface area contributed by atoms with Gasteiger partial charge in [-0.25, -0.2) is 0 Å². The van der Waals surface area contributed by atoms with E-state index in [2.05, 4.69) is 4.99 Å². The summed E-state index contributed by atoms with van der Waals surface area (Å²) in [6.45, 7) is 4.10. The van der Waals surface area contributed by atoms with Crippen molar-refractivity contribution in [3.8, 4) is 11.5 Å². The summed E-state index contributed by atoms with van der Waals surface area (Å²) < 4.78 is 19.1. The number of aryl methyl sites for hydroxylation is 1. The van der Waals surface area contributed by atoms with E-state index >= 15 is 0 Å². The smallest absolute Gasteiger partial charge is 0.326 e. The van der Waals surface area contributed by atoms with Crippen LogP contribution in [0.2, 0.25) is 0 Å². The highest BCUT2D eigenvalue weighted by Gasteiger charge is 2.27. The van der Waals surface area contributed by atoms with Crippen LogP contribution in [0.5, 0.6) is 11.5 Å². The van der Waals surface area contributed by atoms with Crippen molar-refractivity contribution in [2.75, 3.05) is 13.2 Å². The van der Waals surface area contributed by atoms with Gasteiger partial charge in [-0.05, 0) is 43.7 Å². The summed E-state index contributed by atoms with van der Waals surface area (Å²) in [5.74, 6) is 0.276. The maximum absolute atomic E-state index is 12.8. The largest absolute Gasteiger partial charge is 0.485 e. The molecular formula is C21H20N2O5S. The number of para-hydroxylation sites is 2. The summed E-state index contributed by atoms with van der Waals surface area (Å²) in [6, 6.07) is 13.1. The standard InChI is InChI=1S/C21H20N2O5S/c1-3-26-19(24)11-23-14-9-8-13(2)10-18(14)29-21(23)22-20(25)17-12-27-15-6-4-5-7-16(15)28-17/h4-10,17H,3,11-12H2,1-2H3/t17-/m1/s1. The Labute approximate surface area is 171 Å². The number of thiazole rings is 1. The molecule has 0 unspecified atom stereocenters.